The van der Waals surface area contributed by atoms with Crippen LogP contribution in [0.5, 0.6) is 0 Å². The van der Waals surface area contributed by atoms with Crippen molar-refractivity contribution in [1.29, 1.82) is 0 Å². The van der Waals surface area contributed by atoms with E-state index in [0.717, 1.165) is 17.6 Å². The van der Waals surface area contributed by atoms with E-state index >= 15 is 0 Å². The van der Waals surface area contributed by atoms with Crippen LogP contribution in [-0.4, -0.2) is 20.1 Å². The molecule has 3 heteroatoms. The summed E-state index contributed by atoms with van der Waals surface area (Å²) in [5, 5.41) is 3.55. The molecule has 1 unspecified atom stereocenters. The van der Waals surface area contributed by atoms with Crippen LogP contribution >= 0.6 is 15.9 Å². The number of benzene rings is 1. The smallest absolute Gasteiger partial charge is 0.0423 e. The number of anilines is 1. The summed E-state index contributed by atoms with van der Waals surface area (Å²) in [7, 11) is 2.14. The summed E-state index contributed by atoms with van der Waals surface area (Å²) in [4.78, 5) is 2.28. The third-order valence-corrected chi connectivity index (χ3v) is 3.54. The van der Waals surface area contributed by atoms with E-state index in [-0.39, 0.29) is 0 Å². The third-order valence-electron chi connectivity index (χ3n) is 3.05. The first-order chi connectivity index (χ1) is 8.10. The fourth-order valence-corrected chi connectivity index (χ4v) is 2.20. The molecule has 0 radical (unpaired) electrons. The molecule has 0 aliphatic carbocycles. The first kappa shape index (κ1) is 14.5. The Balaban J connectivity index is 2.96. The zero-order valence-corrected chi connectivity index (χ0v) is 12.8. The van der Waals surface area contributed by atoms with E-state index in [1.54, 1.807) is 0 Å². The van der Waals surface area contributed by atoms with Gasteiger partial charge in [0.2, 0.25) is 0 Å². The van der Waals surface area contributed by atoms with E-state index < -0.39 is 0 Å². The Morgan fingerprint density at radius 3 is 2.65 bits per heavy atom. The van der Waals surface area contributed by atoms with Gasteiger partial charge in [0.05, 0.1) is 0 Å². The van der Waals surface area contributed by atoms with Crippen LogP contribution < -0.4 is 10.2 Å². The van der Waals surface area contributed by atoms with Crippen LogP contribution in [0.1, 0.15) is 38.8 Å². The molecule has 1 aromatic carbocycles. The van der Waals surface area contributed by atoms with Crippen LogP contribution in [0.25, 0.3) is 0 Å². The molecule has 1 atom stereocenters. The minimum absolute atomic E-state index is 0.395. The molecule has 0 aliphatic rings. The maximum atomic E-state index is 3.55. The molecule has 0 fully saturated rings. The first-order valence-corrected chi connectivity index (χ1v) is 7.13. The predicted molar refractivity (Wildman–Crippen MR) is 79.8 cm³/mol. The van der Waals surface area contributed by atoms with Crippen LogP contribution in [0.2, 0.25) is 0 Å². The van der Waals surface area contributed by atoms with Crippen LogP contribution in [0.3, 0.4) is 0 Å². The second-order valence-corrected chi connectivity index (χ2v) is 5.31. The van der Waals surface area contributed by atoms with Gasteiger partial charge in [-0.3, -0.25) is 0 Å². The monoisotopic (exact) mass is 298 g/mol. The molecule has 2 nitrogen and oxygen atoms in total. The second kappa shape index (κ2) is 7.02. The van der Waals surface area contributed by atoms with E-state index in [9.17, 15) is 0 Å². The average Bonchev–Trinajstić information content (AvgIpc) is 2.34. The highest BCUT2D eigenvalue weighted by molar-refractivity contribution is 9.10. The molecular weight excluding hydrogens is 276 g/mol. The molecule has 1 aromatic rings. The zero-order chi connectivity index (χ0) is 12.8. The molecule has 0 bridgehead atoms. The van der Waals surface area contributed by atoms with Crippen molar-refractivity contribution in [3.8, 4) is 0 Å². The summed E-state index contributed by atoms with van der Waals surface area (Å²) in [5.41, 5.74) is 2.67. The van der Waals surface area contributed by atoms with E-state index in [1.807, 2.05) is 0 Å². The second-order valence-electron chi connectivity index (χ2n) is 4.39. The molecule has 1 N–H and O–H groups in total. The van der Waals surface area contributed by atoms with Crippen LogP contribution in [0.15, 0.2) is 22.7 Å². The van der Waals surface area contributed by atoms with Crippen molar-refractivity contribution in [3.05, 3.63) is 28.2 Å². The largest absolute Gasteiger partial charge is 0.375 e. The topological polar surface area (TPSA) is 15.3 Å². The molecule has 96 valence electrons. The van der Waals surface area contributed by atoms with Crippen LogP contribution in [-0.2, 0) is 0 Å². The Bertz CT molecular complexity index is 352. The molecule has 17 heavy (non-hydrogen) atoms. The fraction of sp³-hybridized carbons (Fsp3) is 0.571. The Labute approximate surface area is 114 Å². The van der Waals surface area contributed by atoms with Crippen molar-refractivity contribution in [1.82, 2.24) is 5.32 Å². The van der Waals surface area contributed by atoms with Gasteiger partial charge in [-0.2, -0.15) is 0 Å². The van der Waals surface area contributed by atoms with E-state index in [4.69, 9.17) is 0 Å². The summed E-state index contributed by atoms with van der Waals surface area (Å²) in [5.74, 6) is 0. The number of rotatable bonds is 6. The SMILES string of the molecule is CCCNC(C)c1ccc(Br)cc1N(C)CC. The maximum absolute atomic E-state index is 3.55. The highest BCUT2D eigenvalue weighted by atomic mass is 79.9. The van der Waals surface area contributed by atoms with Crippen molar-refractivity contribution in [2.75, 3.05) is 25.0 Å². The maximum Gasteiger partial charge on any atom is 0.0423 e. The fourth-order valence-electron chi connectivity index (χ4n) is 1.85. The standard InChI is InChI=1S/C14H23BrN2/c1-5-9-16-11(3)13-8-7-12(15)10-14(13)17(4)6-2/h7-8,10-11,16H,5-6,9H2,1-4H3. The van der Waals surface area contributed by atoms with E-state index in [0.29, 0.717) is 6.04 Å². The number of hydrogen-bond donors (Lipinski definition) is 1. The van der Waals surface area contributed by atoms with Gasteiger partial charge < -0.3 is 10.2 Å². The van der Waals surface area contributed by atoms with Gasteiger partial charge in [0.15, 0.2) is 0 Å². The van der Waals surface area contributed by atoms with Gasteiger partial charge in [-0.25, -0.2) is 0 Å². The quantitative estimate of drug-likeness (QED) is 0.855. The lowest BCUT2D eigenvalue weighted by atomic mass is 10.1. The lowest BCUT2D eigenvalue weighted by Crippen LogP contribution is -2.24. The van der Waals surface area contributed by atoms with Gasteiger partial charge in [0.25, 0.3) is 0 Å². The predicted octanol–water partition coefficient (Wildman–Crippen LogP) is 3.97. The molecule has 0 aromatic heterocycles. The van der Waals surface area contributed by atoms with Crippen molar-refractivity contribution < 1.29 is 0 Å². The lowest BCUT2D eigenvalue weighted by Gasteiger charge is -2.25. The summed E-state index contributed by atoms with van der Waals surface area (Å²) in [6.07, 6.45) is 1.17. The Morgan fingerprint density at radius 2 is 2.06 bits per heavy atom. The Morgan fingerprint density at radius 1 is 1.35 bits per heavy atom. The molecule has 0 amide bonds. The average molecular weight is 299 g/mol. The third kappa shape index (κ3) is 4.00. The Hall–Kier alpha value is -0.540. The number of nitrogens with one attached hydrogen (secondary N) is 1. The summed E-state index contributed by atoms with van der Waals surface area (Å²) < 4.78 is 1.14. The first-order valence-electron chi connectivity index (χ1n) is 6.34. The minimum Gasteiger partial charge on any atom is -0.375 e. The summed E-state index contributed by atoms with van der Waals surface area (Å²) in [6, 6.07) is 6.92. The van der Waals surface area contributed by atoms with Crippen molar-refractivity contribution in [2.45, 2.75) is 33.2 Å². The zero-order valence-electron chi connectivity index (χ0n) is 11.3. The summed E-state index contributed by atoms with van der Waals surface area (Å²) >= 11 is 3.55. The van der Waals surface area contributed by atoms with Crippen molar-refractivity contribution >= 4 is 21.6 Å². The Kier molecular flexibility index (Phi) is 6.00. The molecule has 0 aliphatic heterocycles. The summed E-state index contributed by atoms with van der Waals surface area (Å²) in [6.45, 7) is 8.68. The van der Waals surface area contributed by atoms with Gasteiger partial charge in [-0.05, 0) is 44.5 Å². The molecule has 0 saturated carbocycles. The van der Waals surface area contributed by atoms with Crippen LogP contribution in [0, 0.1) is 0 Å². The van der Waals surface area contributed by atoms with Gasteiger partial charge in [0.1, 0.15) is 0 Å². The van der Waals surface area contributed by atoms with Gasteiger partial charge in [-0.15, -0.1) is 0 Å². The number of halogens is 1. The highest BCUT2D eigenvalue weighted by Gasteiger charge is 2.12. The number of nitrogens with zero attached hydrogens (tertiary/aromatic N) is 1. The number of hydrogen-bond acceptors (Lipinski definition) is 2. The van der Waals surface area contributed by atoms with Gasteiger partial charge in [-0.1, -0.05) is 28.9 Å². The van der Waals surface area contributed by atoms with Crippen molar-refractivity contribution in [3.63, 3.8) is 0 Å². The van der Waals surface area contributed by atoms with E-state index in [1.165, 1.54) is 17.7 Å². The van der Waals surface area contributed by atoms with Gasteiger partial charge >= 0.3 is 0 Å². The normalized spacial score (nSPS) is 12.5. The van der Waals surface area contributed by atoms with Gasteiger partial charge in [0, 0.05) is 29.8 Å². The molecule has 0 heterocycles. The van der Waals surface area contributed by atoms with Crippen LogP contribution in [0.4, 0.5) is 5.69 Å². The van der Waals surface area contributed by atoms with E-state index in [2.05, 4.69) is 72.2 Å². The van der Waals surface area contributed by atoms with Crippen molar-refractivity contribution in [2.24, 2.45) is 0 Å². The minimum atomic E-state index is 0.395. The highest BCUT2D eigenvalue weighted by Crippen LogP contribution is 2.29. The molecule has 0 saturated heterocycles. The lowest BCUT2D eigenvalue weighted by molar-refractivity contribution is 0.570. The molecule has 1 rings (SSSR count). The molecule has 0 spiro atoms. The molecular formula is C14H23BrN2.